The Balaban J connectivity index is 1.45. The molecule has 4 nitrogen and oxygen atoms in total. The monoisotopic (exact) mass is 354 g/mol. The Labute approximate surface area is 157 Å². The van der Waals surface area contributed by atoms with Gasteiger partial charge in [-0.15, -0.1) is 0 Å². The quantitative estimate of drug-likeness (QED) is 0.552. The van der Waals surface area contributed by atoms with Crippen molar-refractivity contribution in [1.29, 1.82) is 0 Å². The minimum Gasteiger partial charge on any atom is -0.355 e. The predicted octanol–water partition coefficient (Wildman–Crippen LogP) is 4.94. The Morgan fingerprint density at radius 3 is 2.07 bits per heavy atom. The van der Waals surface area contributed by atoms with Crippen LogP contribution in [0.3, 0.4) is 0 Å². The van der Waals surface area contributed by atoms with Crippen LogP contribution in [0, 0.1) is 0 Å². The molecule has 0 atom stereocenters. The Bertz CT molecular complexity index is 1020. The summed E-state index contributed by atoms with van der Waals surface area (Å²) in [6.07, 6.45) is 0. The van der Waals surface area contributed by atoms with E-state index in [-0.39, 0.29) is 11.6 Å². The van der Waals surface area contributed by atoms with Gasteiger partial charge in [-0.2, -0.15) is 0 Å². The second-order valence-electron chi connectivity index (χ2n) is 6.19. The van der Waals surface area contributed by atoms with Gasteiger partial charge in [-0.3, -0.25) is 4.79 Å². The highest BCUT2D eigenvalue weighted by molar-refractivity contribution is 5.93. The van der Waals surface area contributed by atoms with Gasteiger partial charge >= 0.3 is 0 Å². The van der Waals surface area contributed by atoms with Crippen molar-refractivity contribution in [3.63, 3.8) is 0 Å². The van der Waals surface area contributed by atoms with Gasteiger partial charge in [0.2, 0.25) is 0 Å². The smallest absolute Gasteiger partial charge is 0.273 e. The van der Waals surface area contributed by atoms with E-state index in [4.69, 9.17) is 4.52 Å². The maximum Gasteiger partial charge on any atom is 0.273 e. The standard InChI is InChI=1S/C23H18N2O2/c26-23(24-16-17-7-3-1-4-8-17)21-15-22(27-25-21)20-13-11-19(12-14-20)18-9-5-2-6-10-18/h1-15H,16H2,(H,24,26). The molecule has 3 aromatic carbocycles. The molecule has 132 valence electrons. The van der Waals surface area contributed by atoms with Crippen molar-refractivity contribution in [3.05, 3.63) is 102 Å². The van der Waals surface area contributed by atoms with E-state index in [0.717, 1.165) is 22.3 Å². The highest BCUT2D eigenvalue weighted by Gasteiger charge is 2.13. The van der Waals surface area contributed by atoms with Gasteiger partial charge in [-0.1, -0.05) is 90.1 Å². The zero-order chi connectivity index (χ0) is 18.5. The number of nitrogens with one attached hydrogen (secondary N) is 1. The molecule has 0 saturated carbocycles. The van der Waals surface area contributed by atoms with E-state index in [1.807, 2.05) is 72.8 Å². The van der Waals surface area contributed by atoms with Gasteiger partial charge in [-0.25, -0.2) is 0 Å². The Kier molecular flexibility index (Phi) is 4.79. The summed E-state index contributed by atoms with van der Waals surface area (Å²) in [6.45, 7) is 0.452. The molecule has 1 heterocycles. The minimum atomic E-state index is -0.255. The van der Waals surface area contributed by atoms with Crippen LogP contribution in [-0.2, 0) is 6.54 Å². The fraction of sp³-hybridized carbons (Fsp3) is 0.0435. The molecule has 4 heteroatoms. The number of amides is 1. The maximum absolute atomic E-state index is 12.3. The third-order valence-electron chi connectivity index (χ3n) is 4.32. The molecule has 0 radical (unpaired) electrons. The molecule has 27 heavy (non-hydrogen) atoms. The number of hydrogen-bond donors (Lipinski definition) is 1. The highest BCUT2D eigenvalue weighted by Crippen LogP contribution is 2.25. The van der Waals surface area contributed by atoms with E-state index < -0.39 is 0 Å². The van der Waals surface area contributed by atoms with E-state index in [1.54, 1.807) is 6.07 Å². The SMILES string of the molecule is O=C(NCc1ccccc1)c1cc(-c2ccc(-c3ccccc3)cc2)on1. The maximum atomic E-state index is 12.3. The number of rotatable bonds is 5. The summed E-state index contributed by atoms with van der Waals surface area (Å²) in [5.41, 5.74) is 4.46. The van der Waals surface area contributed by atoms with Gasteiger partial charge < -0.3 is 9.84 Å². The molecule has 0 spiro atoms. The molecule has 0 aliphatic carbocycles. The first-order chi connectivity index (χ1) is 13.3. The number of carbonyl (C=O) groups excluding carboxylic acids is 1. The normalized spacial score (nSPS) is 10.5. The van der Waals surface area contributed by atoms with E-state index in [2.05, 4.69) is 22.6 Å². The van der Waals surface area contributed by atoms with Gasteiger partial charge in [0.05, 0.1) is 0 Å². The summed E-state index contributed by atoms with van der Waals surface area (Å²) in [5, 5.41) is 6.75. The zero-order valence-corrected chi connectivity index (χ0v) is 14.6. The van der Waals surface area contributed by atoms with Crippen molar-refractivity contribution in [2.75, 3.05) is 0 Å². The summed E-state index contributed by atoms with van der Waals surface area (Å²) in [4.78, 5) is 12.3. The lowest BCUT2D eigenvalue weighted by Gasteiger charge is -2.02. The lowest BCUT2D eigenvalue weighted by atomic mass is 10.0. The fourth-order valence-electron chi connectivity index (χ4n) is 2.84. The van der Waals surface area contributed by atoms with Gasteiger partial charge in [0.1, 0.15) is 0 Å². The number of nitrogens with zero attached hydrogens (tertiary/aromatic N) is 1. The number of hydrogen-bond acceptors (Lipinski definition) is 3. The summed E-state index contributed by atoms with van der Waals surface area (Å²) < 4.78 is 5.36. The molecule has 0 unspecified atom stereocenters. The molecular formula is C23H18N2O2. The van der Waals surface area contributed by atoms with Crippen LogP contribution in [0.2, 0.25) is 0 Å². The first-order valence-electron chi connectivity index (χ1n) is 8.74. The molecule has 0 aliphatic rings. The molecule has 4 aromatic rings. The lowest BCUT2D eigenvalue weighted by molar-refractivity contribution is 0.0942. The summed E-state index contributed by atoms with van der Waals surface area (Å²) in [7, 11) is 0. The highest BCUT2D eigenvalue weighted by atomic mass is 16.5. The summed E-state index contributed by atoms with van der Waals surface area (Å²) >= 11 is 0. The molecule has 0 saturated heterocycles. The van der Waals surface area contributed by atoms with Crippen LogP contribution in [0.1, 0.15) is 16.1 Å². The summed E-state index contributed by atoms with van der Waals surface area (Å²) in [5.74, 6) is 0.314. The van der Waals surface area contributed by atoms with Crippen molar-refractivity contribution in [2.24, 2.45) is 0 Å². The van der Waals surface area contributed by atoms with E-state index in [1.165, 1.54) is 0 Å². The lowest BCUT2D eigenvalue weighted by Crippen LogP contribution is -2.22. The zero-order valence-electron chi connectivity index (χ0n) is 14.6. The second kappa shape index (κ2) is 7.70. The average molecular weight is 354 g/mol. The first kappa shape index (κ1) is 16.8. The van der Waals surface area contributed by atoms with Crippen LogP contribution in [0.15, 0.2) is 95.5 Å². The van der Waals surface area contributed by atoms with Crippen LogP contribution < -0.4 is 5.32 Å². The Hall–Kier alpha value is -3.66. The third-order valence-corrected chi connectivity index (χ3v) is 4.32. The average Bonchev–Trinajstić information content (AvgIpc) is 3.24. The molecule has 1 amide bonds. The van der Waals surface area contributed by atoms with Crippen molar-refractivity contribution in [1.82, 2.24) is 10.5 Å². The van der Waals surface area contributed by atoms with Crippen LogP contribution >= 0.6 is 0 Å². The largest absolute Gasteiger partial charge is 0.355 e. The van der Waals surface area contributed by atoms with Gasteiger partial charge in [0.15, 0.2) is 11.5 Å². The first-order valence-corrected chi connectivity index (χ1v) is 8.74. The molecule has 1 aromatic heterocycles. The Morgan fingerprint density at radius 2 is 1.37 bits per heavy atom. The van der Waals surface area contributed by atoms with Crippen molar-refractivity contribution in [3.8, 4) is 22.5 Å². The third kappa shape index (κ3) is 3.96. The van der Waals surface area contributed by atoms with Crippen molar-refractivity contribution >= 4 is 5.91 Å². The predicted molar refractivity (Wildman–Crippen MR) is 105 cm³/mol. The van der Waals surface area contributed by atoms with Crippen molar-refractivity contribution < 1.29 is 9.32 Å². The van der Waals surface area contributed by atoms with Crippen LogP contribution in [-0.4, -0.2) is 11.1 Å². The molecular weight excluding hydrogens is 336 g/mol. The molecule has 1 N–H and O–H groups in total. The number of benzene rings is 3. The minimum absolute atomic E-state index is 0.255. The molecule has 0 aliphatic heterocycles. The molecule has 4 rings (SSSR count). The van der Waals surface area contributed by atoms with Crippen LogP contribution in [0.4, 0.5) is 0 Å². The molecule has 0 bridgehead atoms. The van der Waals surface area contributed by atoms with E-state index >= 15 is 0 Å². The fourth-order valence-corrected chi connectivity index (χ4v) is 2.84. The molecule has 0 fully saturated rings. The van der Waals surface area contributed by atoms with Crippen LogP contribution in [0.25, 0.3) is 22.5 Å². The second-order valence-corrected chi connectivity index (χ2v) is 6.19. The van der Waals surface area contributed by atoms with E-state index in [9.17, 15) is 4.79 Å². The van der Waals surface area contributed by atoms with Gasteiger partial charge in [0.25, 0.3) is 5.91 Å². The number of aromatic nitrogens is 1. The van der Waals surface area contributed by atoms with Crippen molar-refractivity contribution in [2.45, 2.75) is 6.54 Å². The topological polar surface area (TPSA) is 55.1 Å². The van der Waals surface area contributed by atoms with E-state index in [0.29, 0.717) is 12.3 Å². The van der Waals surface area contributed by atoms with Gasteiger partial charge in [0, 0.05) is 18.2 Å². The summed E-state index contributed by atoms with van der Waals surface area (Å²) in [6, 6.07) is 29.6. The van der Waals surface area contributed by atoms with Crippen LogP contribution in [0.5, 0.6) is 0 Å². The Morgan fingerprint density at radius 1 is 0.778 bits per heavy atom. The van der Waals surface area contributed by atoms with Gasteiger partial charge in [-0.05, 0) is 16.7 Å². The number of carbonyl (C=O) groups is 1.